The molecule has 2 amide bonds. The molecule has 0 unspecified atom stereocenters. The highest BCUT2D eigenvalue weighted by atomic mass is 32.2. The monoisotopic (exact) mass is 467 g/mol. The summed E-state index contributed by atoms with van der Waals surface area (Å²) in [6, 6.07) is 13.1. The molecule has 0 N–H and O–H groups in total. The Balaban J connectivity index is 1.68. The minimum absolute atomic E-state index is 0.280. The van der Waals surface area contributed by atoms with Crippen molar-refractivity contribution in [3.63, 3.8) is 0 Å². The highest BCUT2D eigenvalue weighted by Crippen LogP contribution is 2.38. The Morgan fingerprint density at radius 2 is 1.70 bits per heavy atom. The number of nitrogens with zero attached hydrogens (tertiary/aromatic N) is 1. The second kappa shape index (κ2) is 12.5. The molecule has 0 bridgehead atoms. The van der Waals surface area contributed by atoms with Gasteiger partial charge < -0.3 is 9.47 Å². The predicted octanol–water partition coefficient (Wildman–Crippen LogP) is 7.24. The summed E-state index contributed by atoms with van der Waals surface area (Å²) in [6.45, 7) is 4.88. The maximum atomic E-state index is 13.0. The Bertz CT molecular complexity index is 1000. The summed E-state index contributed by atoms with van der Waals surface area (Å²) >= 11 is 0.960. The molecule has 2 aromatic carbocycles. The molecule has 33 heavy (non-hydrogen) atoms. The van der Waals surface area contributed by atoms with Gasteiger partial charge in [0.1, 0.15) is 0 Å². The number of aryl methyl sites for hydroxylation is 1. The fourth-order valence-electron chi connectivity index (χ4n) is 3.81. The largest absolute Gasteiger partial charge is 0.493 e. The minimum Gasteiger partial charge on any atom is -0.493 e. The quantitative estimate of drug-likeness (QED) is 0.243. The molecule has 1 fully saturated rings. The maximum Gasteiger partial charge on any atom is 0.298 e. The van der Waals surface area contributed by atoms with Crippen molar-refractivity contribution in [3.05, 3.63) is 58.5 Å². The third-order valence-corrected chi connectivity index (χ3v) is 6.52. The van der Waals surface area contributed by atoms with Crippen molar-refractivity contribution >= 4 is 34.7 Å². The summed E-state index contributed by atoms with van der Waals surface area (Å²) < 4.78 is 11.4. The van der Waals surface area contributed by atoms with Gasteiger partial charge in [-0.1, -0.05) is 70.2 Å². The van der Waals surface area contributed by atoms with E-state index in [1.807, 2.05) is 49.4 Å². The van der Waals surface area contributed by atoms with E-state index in [4.69, 9.17) is 9.47 Å². The lowest BCUT2D eigenvalue weighted by Gasteiger charge is -2.16. The van der Waals surface area contributed by atoms with Crippen LogP contribution in [-0.2, 0) is 11.2 Å². The van der Waals surface area contributed by atoms with Crippen LogP contribution in [0, 0.1) is 0 Å². The van der Waals surface area contributed by atoms with E-state index in [0.717, 1.165) is 42.2 Å². The first-order chi connectivity index (χ1) is 16.1. The van der Waals surface area contributed by atoms with Crippen molar-refractivity contribution in [2.75, 3.05) is 18.6 Å². The number of hydrogen-bond donors (Lipinski definition) is 0. The van der Waals surface area contributed by atoms with Gasteiger partial charge in [-0.15, -0.1) is 0 Å². The molecule has 1 heterocycles. The summed E-state index contributed by atoms with van der Waals surface area (Å²) in [4.78, 5) is 27.3. The second-order valence-corrected chi connectivity index (χ2v) is 9.02. The number of amides is 2. The van der Waals surface area contributed by atoms with E-state index >= 15 is 0 Å². The lowest BCUT2D eigenvalue weighted by Crippen LogP contribution is -2.28. The molecular formula is C27H33NO4S. The summed E-state index contributed by atoms with van der Waals surface area (Å²) in [5, 5.41) is -0.280. The van der Waals surface area contributed by atoms with Crippen LogP contribution in [-0.4, -0.2) is 24.9 Å². The number of imide groups is 1. The van der Waals surface area contributed by atoms with E-state index in [1.54, 1.807) is 13.2 Å². The molecule has 6 heteroatoms. The van der Waals surface area contributed by atoms with Gasteiger partial charge in [-0.25, -0.2) is 4.90 Å². The van der Waals surface area contributed by atoms with Crippen molar-refractivity contribution in [2.24, 2.45) is 0 Å². The molecule has 0 aromatic heterocycles. The SMILES string of the molecule is CCCCCCCCOc1ccc(/C=C2\SC(=O)N(c3ccccc3CC)C2=O)cc1OC. The first-order valence-electron chi connectivity index (χ1n) is 11.8. The van der Waals surface area contributed by atoms with Crippen LogP contribution in [0.5, 0.6) is 11.5 Å². The molecule has 1 aliphatic heterocycles. The smallest absolute Gasteiger partial charge is 0.298 e. The molecular weight excluding hydrogens is 434 g/mol. The second-order valence-electron chi connectivity index (χ2n) is 8.03. The van der Waals surface area contributed by atoms with Gasteiger partial charge in [0.05, 0.1) is 24.3 Å². The molecule has 1 saturated heterocycles. The van der Waals surface area contributed by atoms with Crippen LogP contribution in [0.15, 0.2) is 47.4 Å². The molecule has 0 radical (unpaired) electrons. The average Bonchev–Trinajstić information content (AvgIpc) is 3.11. The summed E-state index contributed by atoms with van der Waals surface area (Å²) in [5.41, 5.74) is 2.41. The number of para-hydroxylation sites is 1. The first-order valence-corrected chi connectivity index (χ1v) is 12.6. The number of carbonyl (C=O) groups excluding carboxylic acids is 2. The fraction of sp³-hybridized carbons (Fsp3) is 0.407. The maximum absolute atomic E-state index is 13.0. The number of benzene rings is 2. The Hall–Kier alpha value is -2.73. The number of methoxy groups -OCH3 is 1. The number of unbranched alkanes of at least 4 members (excludes halogenated alkanes) is 5. The van der Waals surface area contributed by atoms with Crippen LogP contribution in [0.3, 0.4) is 0 Å². The van der Waals surface area contributed by atoms with E-state index in [-0.39, 0.29) is 11.1 Å². The summed E-state index contributed by atoms with van der Waals surface area (Å²) in [6.07, 6.45) is 9.72. The van der Waals surface area contributed by atoms with Crippen LogP contribution in [0.1, 0.15) is 63.5 Å². The minimum atomic E-state index is -0.298. The summed E-state index contributed by atoms with van der Waals surface area (Å²) in [5.74, 6) is 1.01. The van der Waals surface area contributed by atoms with Gasteiger partial charge in [0, 0.05) is 0 Å². The van der Waals surface area contributed by atoms with Gasteiger partial charge in [0.15, 0.2) is 11.5 Å². The average molecular weight is 468 g/mol. The van der Waals surface area contributed by atoms with Gasteiger partial charge in [0.25, 0.3) is 11.1 Å². The van der Waals surface area contributed by atoms with E-state index in [0.29, 0.717) is 28.7 Å². The number of rotatable bonds is 12. The highest BCUT2D eigenvalue weighted by molar-refractivity contribution is 8.19. The van der Waals surface area contributed by atoms with Crippen molar-refractivity contribution in [3.8, 4) is 11.5 Å². The van der Waals surface area contributed by atoms with Crippen molar-refractivity contribution in [1.82, 2.24) is 0 Å². The highest BCUT2D eigenvalue weighted by Gasteiger charge is 2.37. The number of carbonyl (C=O) groups is 2. The Kier molecular flexibility index (Phi) is 9.43. The normalized spacial score (nSPS) is 14.9. The number of ether oxygens (including phenoxy) is 2. The lowest BCUT2D eigenvalue weighted by atomic mass is 10.1. The van der Waals surface area contributed by atoms with Gasteiger partial charge in [-0.3, -0.25) is 9.59 Å². The van der Waals surface area contributed by atoms with Gasteiger partial charge in [-0.2, -0.15) is 0 Å². The van der Waals surface area contributed by atoms with E-state index in [1.165, 1.54) is 30.6 Å². The summed E-state index contributed by atoms with van der Waals surface area (Å²) in [7, 11) is 1.60. The van der Waals surface area contributed by atoms with Crippen LogP contribution >= 0.6 is 11.8 Å². The van der Waals surface area contributed by atoms with Crippen LogP contribution in [0.4, 0.5) is 10.5 Å². The molecule has 3 rings (SSSR count). The molecule has 2 aromatic rings. The lowest BCUT2D eigenvalue weighted by molar-refractivity contribution is -0.113. The number of thioether (sulfide) groups is 1. The van der Waals surface area contributed by atoms with Crippen LogP contribution in [0.25, 0.3) is 6.08 Å². The van der Waals surface area contributed by atoms with Gasteiger partial charge in [0.2, 0.25) is 0 Å². The Morgan fingerprint density at radius 3 is 2.45 bits per heavy atom. The van der Waals surface area contributed by atoms with E-state index < -0.39 is 0 Å². The molecule has 0 atom stereocenters. The Morgan fingerprint density at radius 1 is 0.939 bits per heavy atom. The predicted molar refractivity (Wildman–Crippen MR) is 136 cm³/mol. The fourth-order valence-corrected chi connectivity index (χ4v) is 4.65. The zero-order valence-electron chi connectivity index (χ0n) is 19.8. The van der Waals surface area contributed by atoms with Gasteiger partial charge in [-0.05, 0) is 60.0 Å². The number of anilines is 1. The third kappa shape index (κ3) is 6.41. The molecule has 176 valence electrons. The first kappa shape index (κ1) is 24.9. The van der Waals surface area contributed by atoms with Gasteiger partial charge >= 0.3 is 0 Å². The zero-order chi connectivity index (χ0) is 23.6. The van der Waals surface area contributed by atoms with Crippen molar-refractivity contribution < 1.29 is 19.1 Å². The molecule has 0 saturated carbocycles. The standard InChI is InChI=1S/C27H33NO4S/c1-4-6-7-8-9-12-17-32-23-16-15-20(18-24(23)31-3)19-25-26(29)28(27(30)33-25)22-14-11-10-13-21(22)5-2/h10-11,13-16,18-19H,4-9,12,17H2,1-3H3/b25-19-. The molecule has 5 nitrogen and oxygen atoms in total. The van der Waals surface area contributed by atoms with E-state index in [9.17, 15) is 9.59 Å². The van der Waals surface area contributed by atoms with Crippen LogP contribution < -0.4 is 14.4 Å². The van der Waals surface area contributed by atoms with Crippen LogP contribution in [0.2, 0.25) is 0 Å². The topological polar surface area (TPSA) is 55.8 Å². The third-order valence-electron chi connectivity index (χ3n) is 5.65. The van der Waals surface area contributed by atoms with E-state index in [2.05, 4.69) is 6.92 Å². The van der Waals surface area contributed by atoms with Crippen molar-refractivity contribution in [1.29, 1.82) is 0 Å². The molecule has 1 aliphatic rings. The number of hydrogen-bond acceptors (Lipinski definition) is 5. The molecule has 0 aliphatic carbocycles. The molecule has 0 spiro atoms. The zero-order valence-corrected chi connectivity index (χ0v) is 20.6. The van der Waals surface area contributed by atoms with Crippen molar-refractivity contribution in [2.45, 2.75) is 58.8 Å². The Labute approximate surface area is 201 Å².